The maximum Gasteiger partial charge on any atom is 0.227 e. The van der Waals surface area contributed by atoms with Crippen LogP contribution in [0.4, 0.5) is 11.5 Å². The molecule has 1 unspecified atom stereocenters. The van der Waals surface area contributed by atoms with Gasteiger partial charge in [0.25, 0.3) is 0 Å². The molecule has 4 rings (SSSR count). The fourth-order valence-corrected chi connectivity index (χ4v) is 4.00. The Morgan fingerprint density at radius 2 is 1.69 bits per heavy atom. The maximum absolute atomic E-state index is 12.4. The number of amides is 1. The Kier molecular flexibility index (Phi) is 5.14. The van der Waals surface area contributed by atoms with E-state index in [2.05, 4.69) is 27.2 Å². The van der Waals surface area contributed by atoms with Crippen LogP contribution in [0.1, 0.15) is 37.8 Å². The second-order valence-corrected chi connectivity index (χ2v) is 7.40. The highest BCUT2D eigenvalue weighted by Crippen LogP contribution is 2.27. The van der Waals surface area contributed by atoms with E-state index in [0.29, 0.717) is 12.3 Å². The van der Waals surface area contributed by atoms with Gasteiger partial charge in [-0.1, -0.05) is 31.0 Å². The first-order chi connectivity index (χ1) is 12.8. The molecular formula is C21H26N4O. The Balaban J connectivity index is 1.38. The fraction of sp³-hybridized carbons (Fsp3) is 0.476. The Bertz CT molecular complexity index is 723. The smallest absolute Gasteiger partial charge is 0.227 e. The summed E-state index contributed by atoms with van der Waals surface area (Å²) in [6.45, 7) is 2.92. The van der Waals surface area contributed by atoms with Gasteiger partial charge in [-0.25, -0.2) is 0 Å². The van der Waals surface area contributed by atoms with Crippen molar-refractivity contribution >= 4 is 17.4 Å². The number of anilines is 2. The van der Waals surface area contributed by atoms with Gasteiger partial charge in [0.15, 0.2) is 5.82 Å². The number of nitrogens with zero attached hydrogens (tertiary/aromatic N) is 4. The number of benzene rings is 1. The third-order valence-electron chi connectivity index (χ3n) is 5.41. The SMILES string of the molecule is O=C1CC(Cc2ccc(N3CCCCCC3)nn2)CN1c1ccccc1. The highest BCUT2D eigenvalue weighted by Gasteiger charge is 2.30. The Labute approximate surface area is 155 Å². The molecule has 26 heavy (non-hydrogen) atoms. The molecule has 0 aliphatic carbocycles. The number of hydrogen-bond donors (Lipinski definition) is 0. The number of carbonyl (C=O) groups is 1. The number of carbonyl (C=O) groups excluding carboxylic acids is 1. The standard InChI is InChI=1S/C21H26N4O/c26-21-15-17(16-25(21)19-8-4-3-5-9-19)14-18-10-11-20(23-22-18)24-12-6-1-2-7-13-24/h3-5,8-11,17H,1-2,6-7,12-16H2. The molecule has 2 aromatic rings. The lowest BCUT2D eigenvalue weighted by Gasteiger charge is -2.20. The predicted molar refractivity (Wildman–Crippen MR) is 103 cm³/mol. The molecule has 3 heterocycles. The quantitative estimate of drug-likeness (QED) is 0.847. The van der Waals surface area contributed by atoms with E-state index in [0.717, 1.165) is 43.3 Å². The van der Waals surface area contributed by atoms with Crippen LogP contribution in [0.15, 0.2) is 42.5 Å². The first-order valence-corrected chi connectivity index (χ1v) is 9.72. The summed E-state index contributed by atoms with van der Waals surface area (Å²) in [5.41, 5.74) is 1.97. The number of hydrogen-bond acceptors (Lipinski definition) is 4. The molecule has 1 atom stereocenters. The Morgan fingerprint density at radius 3 is 2.38 bits per heavy atom. The van der Waals surface area contributed by atoms with Gasteiger partial charge in [-0.05, 0) is 49.4 Å². The molecule has 0 saturated carbocycles. The van der Waals surface area contributed by atoms with Gasteiger partial charge >= 0.3 is 0 Å². The maximum atomic E-state index is 12.4. The van der Waals surface area contributed by atoms with Gasteiger partial charge in [0.1, 0.15) is 0 Å². The molecular weight excluding hydrogens is 324 g/mol. The van der Waals surface area contributed by atoms with E-state index in [4.69, 9.17) is 0 Å². The predicted octanol–water partition coefficient (Wildman–Crippen LogP) is 3.45. The zero-order valence-electron chi connectivity index (χ0n) is 15.2. The van der Waals surface area contributed by atoms with Crippen molar-refractivity contribution in [2.45, 2.75) is 38.5 Å². The van der Waals surface area contributed by atoms with E-state index in [1.165, 1.54) is 25.7 Å². The molecule has 136 valence electrons. The highest BCUT2D eigenvalue weighted by molar-refractivity contribution is 5.95. The van der Waals surface area contributed by atoms with Gasteiger partial charge in [-0.15, -0.1) is 5.10 Å². The van der Waals surface area contributed by atoms with Gasteiger partial charge in [-0.3, -0.25) is 4.79 Å². The summed E-state index contributed by atoms with van der Waals surface area (Å²) in [6.07, 6.45) is 6.50. The normalized spacial score (nSPS) is 21.1. The minimum atomic E-state index is 0.204. The molecule has 2 fully saturated rings. The van der Waals surface area contributed by atoms with Crippen LogP contribution < -0.4 is 9.80 Å². The first kappa shape index (κ1) is 17.0. The van der Waals surface area contributed by atoms with Crippen molar-refractivity contribution in [2.24, 2.45) is 5.92 Å². The van der Waals surface area contributed by atoms with Crippen molar-refractivity contribution in [3.8, 4) is 0 Å². The summed E-state index contributed by atoms with van der Waals surface area (Å²) in [5.74, 6) is 1.50. The van der Waals surface area contributed by atoms with Crippen LogP contribution in [0.2, 0.25) is 0 Å². The minimum Gasteiger partial charge on any atom is -0.355 e. The van der Waals surface area contributed by atoms with Crippen molar-refractivity contribution in [3.05, 3.63) is 48.2 Å². The number of para-hydroxylation sites is 1. The molecule has 0 N–H and O–H groups in total. The second-order valence-electron chi connectivity index (χ2n) is 7.40. The largest absolute Gasteiger partial charge is 0.355 e. The Morgan fingerprint density at radius 1 is 0.923 bits per heavy atom. The average molecular weight is 350 g/mol. The van der Waals surface area contributed by atoms with E-state index in [1.807, 2.05) is 35.2 Å². The van der Waals surface area contributed by atoms with Crippen molar-refractivity contribution in [2.75, 3.05) is 29.4 Å². The monoisotopic (exact) mass is 350 g/mol. The molecule has 2 aliphatic rings. The molecule has 0 spiro atoms. The van der Waals surface area contributed by atoms with Gasteiger partial charge in [-0.2, -0.15) is 5.10 Å². The summed E-state index contributed by atoms with van der Waals surface area (Å²) in [7, 11) is 0. The number of rotatable bonds is 4. The lowest BCUT2D eigenvalue weighted by atomic mass is 10.0. The van der Waals surface area contributed by atoms with Crippen LogP contribution in [0.3, 0.4) is 0 Å². The molecule has 0 radical (unpaired) electrons. The molecule has 1 amide bonds. The lowest BCUT2D eigenvalue weighted by molar-refractivity contribution is -0.117. The van der Waals surface area contributed by atoms with Crippen molar-refractivity contribution in [1.82, 2.24) is 10.2 Å². The van der Waals surface area contributed by atoms with Crippen LogP contribution in [-0.2, 0) is 11.2 Å². The molecule has 2 aliphatic heterocycles. The third kappa shape index (κ3) is 3.87. The topological polar surface area (TPSA) is 49.3 Å². The van der Waals surface area contributed by atoms with Gasteiger partial charge in [0.05, 0.1) is 5.69 Å². The lowest BCUT2D eigenvalue weighted by Crippen LogP contribution is -2.25. The van der Waals surface area contributed by atoms with E-state index >= 15 is 0 Å². The second kappa shape index (κ2) is 7.85. The first-order valence-electron chi connectivity index (χ1n) is 9.72. The summed E-state index contributed by atoms with van der Waals surface area (Å²) < 4.78 is 0. The Hall–Kier alpha value is -2.43. The summed E-state index contributed by atoms with van der Waals surface area (Å²) >= 11 is 0. The molecule has 2 saturated heterocycles. The number of aromatic nitrogens is 2. The third-order valence-corrected chi connectivity index (χ3v) is 5.41. The minimum absolute atomic E-state index is 0.204. The van der Waals surface area contributed by atoms with E-state index in [1.54, 1.807) is 0 Å². The molecule has 5 nitrogen and oxygen atoms in total. The average Bonchev–Trinajstić information content (AvgIpc) is 2.87. The summed E-state index contributed by atoms with van der Waals surface area (Å²) in [4.78, 5) is 16.6. The molecule has 1 aromatic heterocycles. The van der Waals surface area contributed by atoms with Crippen LogP contribution >= 0.6 is 0 Å². The van der Waals surface area contributed by atoms with Crippen LogP contribution in [0.5, 0.6) is 0 Å². The summed E-state index contributed by atoms with van der Waals surface area (Å²) in [6, 6.07) is 14.1. The highest BCUT2D eigenvalue weighted by atomic mass is 16.2. The fourth-order valence-electron chi connectivity index (χ4n) is 4.00. The van der Waals surface area contributed by atoms with Crippen LogP contribution in [-0.4, -0.2) is 35.7 Å². The van der Waals surface area contributed by atoms with Crippen LogP contribution in [0, 0.1) is 5.92 Å². The van der Waals surface area contributed by atoms with E-state index < -0.39 is 0 Å². The van der Waals surface area contributed by atoms with Crippen molar-refractivity contribution in [1.29, 1.82) is 0 Å². The van der Waals surface area contributed by atoms with Gasteiger partial charge in [0.2, 0.25) is 5.91 Å². The van der Waals surface area contributed by atoms with Crippen molar-refractivity contribution < 1.29 is 4.79 Å². The zero-order valence-corrected chi connectivity index (χ0v) is 15.2. The summed E-state index contributed by atoms with van der Waals surface area (Å²) in [5, 5.41) is 8.91. The zero-order chi connectivity index (χ0) is 17.8. The molecule has 5 heteroatoms. The molecule has 1 aromatic carbocycles. The van der Waals surface area contributed by atoms with E-state index in [-0.39, 0.29) is 5.91 Å². The van der Waals surface area contributed by atoms with E-state index in [9.17, 15) is 4.79 Å². The van der Waals surface area contributed by atoms with Gasteiger partial charge in [0, 0.05) is 31.7 Å². The van der Waals surface area contributed by atoms with Crippen LogP contribution in [0.25, 0.3) is 0 Å². The molecule has 0 bridgehead atoms. The van der Waals surface area contributed by atoms with Gasteiger partial charge < -0.3 is 9.80 Å². The van der Waals surface area contributed by atoms with Crippen molar-refractivity contribution in [3.63, 3.8) is 0 Å².